The minimum atomic E-state index is -2.03. The molecular weight excluding hydrogens is 396 g/mol. The summed E-state index contributed by atoms with van der Waals surface area (Å²) in [6, 6.07) is 7.53. The maximum atomic E-state index is 13.4. The van der Waals surface area contributed by atoms with Crippen molar-refractivity contribution in [3.8, 4) is 0 Å². The highest BCUT2D eigenvalue weighted by atomic mass is 16.6. The topological polar surface area (TPSA) is 79.3 Å². The first-order valence-electron chi connectivity index (χ1n) is 11.0. The van der Waals surface area contributed by atoms with E-state index in [1.807, 2.05) is 37.1 Å². The Morgan fingerprint density at radius 1 is 1.26 bits per heavy atom. The number of anilines is 1. The molecule has 6 atom stereocenters. The third-order valence-corrected chi connectivity index (χ3v) is 8.32. The number of esters is 2. The van der Waals surface area contributed by atoms with Crippen LogP contribution in [0.2, 0.25) is 0 Å². The highest BCUT2D eigenvalue weighted by Crippen LogP contribution is 2.67. The largest absolute Gasteiger partial charge is 0.467 e. The van der Waals surface area contributed by atoms with Gasteiger partial charge < -0.3 is 19.5 Å². The van der Waals surface area contributed by atoms with E-state index in [1.54, 1.807) is 0 Å². The standard InChI is InChI=1S/C24H30N2O5/c1-5-22-11-8-13-26-14-12-23(18(22)26)16-9-6-7-10-17(16)25(3)19(23)24(29,21(28)30-4)20(22)31-15(2)27/h6-11,18-20,29H,5,12-14H2,1-4H3/t18-,19-,20+,22+,23-,24+/m0/s1. The van der Waals surface area contributed by atoms with E-state index in [9.17, 15) is 14.7 Å². The number of ether oxygens (including phenoxy) is 2. The zero-order valence-corrected chi connectivity index (χ0v) is 18.5. The number of fused-ring (bicyclic) bond motifs is 1. The van der Waals surface area contributed by atoms with Gasteiger partial charge in [0.05, 0.1) is 13.2 Å². The summed E-state index contributed by atoms with van der Waals surface area (Å²) in [4.78, 5) is 30.1. The molecule has 5 rings (SSSR count). The molecule has 3 heterocycles. The minimum absolute atomic E-state index is 0.0135. The predicted octanol–water partition coefficient (Wildman–Crippen LogP) is 1.63. The molecule has 1 aliphatic carbocycles. The van der Waals surface area contributed by atoms with Crippen molar-refractivity contribution in [2.45, 2.75) is 55.9 Å². The molecule has 1 N–H and O–H groups in total. The molecule has 31 heavy (non-hydrogen) atoms. The van der Waals surface area contributed by atoms with Crippen molar-refractivity contribution in [3.05, 3.63) is 42.0 Å². The van der Waals surface area contributed by atoms with E-state index in [2.05, 4.69) is 23.1 Å². The van der Waals surface area contributed by atoms with Crippen LogP contribution in [0, 0.1) is 5.41 Å². The van der Waals surface area contributed by atoms with Gasteiger partial charge in [0.1, 0.15) is 0 Å². The molecule has 1 saturated carbocycles. The number of rotatable bonds is 3. The van der Waals surface area contributed by atoms with Gasteiger partial charge in [0.15, 0.2) is 6.10 Å². The van der Waals surface area contributed by atoms with Gasteiger partial charge in [0.25, 0.3) is 0 Å². The van der Waals surface area contributed by atoms with E-state index in [0.717, 1.165) is 30.8 Å². The van der Waals surface area contributed by atoms with Crippen molar-refractivity contribution in [1.82, 2.24) is 4.90 Å². The van der Waals surface area contributed by atoms with Crippen LogP contribution in [0.1, 0.15) is 32.3 Å². The third-order valence-electron chi connectivity index (χ3n) is 8.32. The summed E-state index contributed by atoms with van der Waals surface area (Å²) in [5.74, 6) is -1.28. The predicted molar refractivity (Wildman–Crippen MR) is 115 cm³/mol. The fourth-order valence-electron chi connectivity index (χ4n) is 7.53. The van der Waals surface area contributed by atoms with Crippen LogP contribution in [0.4, 0.5) is 5.69 Å². The SMILES string of the molecule is CC[C@]12C=CCN3CC[C@]4(c5ccccc5N(C)[C@@H]4[C@](O)(C(=O)OC)[C@@H]1OC(C)=O)[C@@H]32. The van der Waals surface area contributed by atoms with E-state index in [1.165, 1.54) is 14.0 Å². The average Bonchev–Trinajstić information content (AvgIpc) is 3.28. The monoisotopic (exact) mass is 426 g/mol. The van der Waals surface area contributed by atoms with Gasteiger partial charge in [0.2, 0.25) is 5.60 Å². The van der Waals surface area contributed by atoms with Crippen LogP contribution < -0.4 is 4.90 Å². The Balaban J connectivity index is 1.87. The van der Waals surface area contributed by atoms with E-state index >= 15 is 0 Å². The Bertz CT molecular complexity index is 978. The second kappa shape index (κ2) is 6.56. The first kappa shape index (κ1) is 20.5. The second-order valence-corrected chi connectivity index (χ2v) is 9.39. The number of likely N-dealkylation sites (N-methyl/N-ethyl adjacent to an activating group) is 1. The van der Waals surface area contributed by atoms with Crippen molar-refractivity contribution < 1.29 is 24.2 Å². The molecule has 0 bridgehead atoms. The Morgan fingerprint density at radius 2 is 2.00 bits per heavy atom. The Labute approximate surface area is 182 Å². The minimum Gasteiger partial charge on any atom is -0.467 e. The molecule has 1 spiro atoms. The fourth-order valence-corrected chi connectivity index (χ4v) is 7.53. The summed E-state index contributed by atoms with van der Waals surface area (Å²) in [7, 11) is 3.19. The van der Waals surface area contributed by atoms with Gasteiger partial charge in [-0.15, -0.1) is 0 Å². The lowest BCUT2D eigenvalue weighted by atomic mass is 9.47. The Kier molecular flexibility index (Phi) is 4.34. The van der Waals surface area contributed by atoms with E-state index < -0.39 is 40.5 Å². The number of nitrogens with zero attached hydrogens (tertiary/aromatic N) is 2. The first-order valence-corrected chi connectivity index (χ1v) is 11.0. The molecule has 7 heteroatoms. The Hall–Kier alpha value is -2.38. The van der Waals surface area contributed by atoms with Crippen LogP contribution >= 0.6 is 0 Å². The van der Waals surface area contributed by atoms with E-state index in [-0.39, 0.29) is 6.04 Å². The number of carbonyl (C=O) groups excluding carboxylic acids is 2. The molecule has 2 fully saturated rings. The summed E-state index contributed by atoms with van der Waals surface area (Å²) >= 11 is 0. The maximum Gasteiger partial charge on any atom is 0.344 e. The van der Waals surface area contributed by atoms with Crippen molar-refractivity contribution in [3.63, 3.8) is 0 Å². The number of hydrogen-bond donors (Lipinski definition) is 1. The number of methoxy groups -OCH3 is 1. The number of carbonyl (C=O) groups is 2. The van der Waals surface area contributed by atoms with E-state index in [4.69, 9.17) is 9.47 Å². The summed E-state index contributed by atoms with van der Waals surface area (Å²) in [6.45, 7) is 5.02. The summed E-state index contributed by atoms with van der Waals surface area (Å²) in [6.07, 6.45) is 4.52. The fraction of sp³-hybridized carbons (Fsp3) is 0.583. The molecule has 0 aromatic heterocycles. The lowest BCUT2D eigenvalue weighted by Crippen LogP contribution is -2.81. The molecule has 1 saturated heterocycles. The quantitative estimate of drug-likeness (QED) is 0.581. The molecule has 166 valence electrons. The van der Waals surface area contributed by atoms with Gasteiger partial charge in [-0.25, -0.2) is 4.79 Å². The molecule has 1 aromatic rings. The molecule has 7 nitrogen and oxygen atoms in total. The molecule has 0 unspecified atom stereocenters. The first-order chi connectivity index (χ1) is 14.8. The smallest absolute Gasteiger partial charge is 0.344 e. The van der Waals surface area contributed by atoms with Crippen LogP contribution in [-0.2, 0) is 24.5 Å². The molecule has 1 aromatic carbocycles. The van der Waals surface area contributed by atoms with E-state index in [0.29, 0.717) is 6.42 Å². The maximum absolute atomic E-state index is 13.4. The highest BCUT2D eigenvalue weighted by molar-refractivity contribution is 5.86. The highest BCUT2D eigenvalue weighted by Gasteiger charge is 2.80. The molecule has 4 aliphatic rings. The lowest BCUT2D eigenvalue weighted by Gasteiger charge is -2.63. The number of hydrogen-bond acceptors (Lipinski definition) is 7. The van der Waals surface area contributed by atoms with Crippen LogP contribution in [0.5, 0.6) is 0 Å². The van der Waals surface area contributed by atoms with Crippen molar-refractivity contribution in [2.75, 3.05) is 32.1 Å². The van der Waals surface area contributed by atoms with Crippen LogP contribution in [0.3, 0.4) is 0 Å². The van der Waals surface area contributed by atoms with Crippen molar-refractivity contribution >= 4 is 17.6 Å². The van der Waals surface area contributed by atoms with Crippen LogP contribution in [-0.4, -0.2) is 73.0 Å². The molecule has 0 radical (unpaired) electrons. The number of para-hydroxylation sites is 1. The lowest BCUT2D eigenvalue weighted by molar-refractivity contribution is -0.228. The van der Waals surface area contributed by atoms with Crippen LogP contribution in [0.15, 0.2) is 36.4 Å². The normalized spacial score (nSPS) is 40.2. The van der Waals surface area contributed by atoms with Crippen molar-refractivity contribution in [1.29, 1.82) is 0 Å². The van der Waals surface area contributed by atoms with Gasteiger partial charge >= 0.3 is 11.9 Å². The molecule has 3 aliphatic heterocycles. The summed E-state index contributed by atoms with van der Waals surface area (Å²) in [5.41, 5.74) is -1.10. The van der Waals surface area contributed by atoms with Crippen LogP contribution in [0.25, 0.3) is 0 Å². The van der Waals surface area contributed by atoms with Gasteiger partial charge in [0, 0.05) is 43.1 Å². The summed E-state index contributed by atoms with van der Waals surface area (Å²) in [5, 5.41) is 12.4. The summed E-state index contributed by atoms with van der Waals surface area (Å²) < 4.78 is 11.1. The number of benzene rings is 1. The van der Waals surface area contributed by atoms with Gasteiger partial charge in [-0.2, -0.15) is 0 Å². The molecule has 0 amide bonds. The van der Waals surface area contributed by atoms with Gasteiger partial charge in [-0.05, 0) is 31.0 Å². The zero-order valence-electron chi connectivity index (χ0n) is 18.5. The number of aliphatic hydroxyl groups is 1. The van der Waals surface area contributed by atoms with Gasteiger partial charge in [-0.1, -0.05) is 37.3 Å². The Morgan fingerprint density at radius 3 is 2.68 bits per heavy atom. The zero-order chi connectivity index (χ0) is 22.2. The van der Waals surface area contributed by atoms with Gasteiger partial charge in [-0.3, -0.25) is 9.69 Å². The average molecular weight is 427 g/mol. The third kappa shape index (κ3) is 2.21. The van der Waals surface area contributed by atoms with Crippen molar-refractivity contribution in [2.24, 2.45) is 5.41 Å². The molecular formula is C24H30N2O5. The second-order valence-electron chi connectivity index (χ2n) is 9.39.